The Morgan fingerprint density at radius 3 is 2.75 bits per heavy atom. The fourth-order valence-electron chi connectivity index (χ4n) is 3.76. The van der Waals surface area contributed by atoms with Crippen molar-refractivity contribution in [1.29, 1.82) is 0 Å². The summed E-state index contributed by atoms with van der Waals surface area (Å²) in [7, 11) is 0. The number of hydrogen-bond acceptors (Lipinski definition) is 2. The first-order valence-corrected chi connectivity index (χ1v) is 8.98. The molecule has 1 aliphatic heterocycles. The molecule has 0 aliphatic carbocycles. The molecule has 0 radical (unpaired) electrons. The van der Waals surface area contributed by atoms with Crippen molar-refractivity contribution >= 4 is 5.91 Å². The van der Waals surface area contributed by atoms with E-state index in [2.05, 4.69) is 40.4 Å². The van der Waals surface area contributed by atoms with Crippen LogP contribution in [0.3, 0.4) is 0 Å². The van der Waals surface area contributed by atoms with Crippen LogP contribution >= 0.6 is 0 Å². The Hall–Kier alpha value is -2.10. The first-order chi connectivity index (χ1) is 11.7. The third kappa shape index (κ3) is 3.69. The molecule has 128 valence electrons. The lowest BCUT2D eigenvalue weighted by atomic mass is 9.93. The molecule has 1 amide bonds. The average Bonchev–Trinajstić information content (AvgIpc) is 3.16. The van der Waals surface area contributed by atoms with E-state index in [0.29, 0.717) is 6.42 Å². The van der Waals surface area contributed by atoms with E-state index in [-0.39, 0.29) is 23.9 Å². The molecule has 4 nitrogen and oxygen atoms in total. The molecule has 1 aliphatic rings. The van der Waals surface area contributed by atoms with E-state index in [1.54, 1.807) is 0 Å². The zero-order valence-corrected chi connectivity index (χ0v) is 14.6. The molecule has 1 aromatic heterocycles. The van der Waals surface area contributed by atoms with Crippen molar-refractivity contribution in [3.63, 3.8) is 0 Å². The summed E-state index contributed by atoms with van der Waals surface area (Å²) in [5.74, 6) is 0.535. The van der Waals surface area contributed by atoms with Crippen molar-refractivity contribution in [2.24, 2.45) is 0 Å². The highest BCUT2D eigenvalue weighted by molar-refractivity contribution is 5.77. The molecule has 3 rings (SSSR count). The fourth-order valence-corrected chi connectivity index (χ4v) is 3.76. The van der Waals surface area contributed by atoms with Crippen LogP contribution in [-0.4, -0.2) is 32.9 Å². The number of rotatable bonds is 5. The summed E-state index contributed by atoms with van der Waals surface area (Å²) in [5.41, 5.74) is 1.24. The third-order valence-corrected chi connectivity index (χ3v) is 5.27. The summed E-state index contributed by atoms with van der Waals surface area (Å²) in [6, 6.07) is 10.9. The Bertz CT molecular complexity index is 638. The van der Waals surface area contributed by atoms with Crippen molar-refractivity contribution in [3.8, 4) is 0 Å². The molecule has 0 N–H and O–H groups in total. The van der Waals surface area contributed by atoms with Gasteiger partial charge >= 0.3 is 0 Å². The Balaban J connectivity index is 1.69. The minimum Gasteiger partial charge on any atom is -0.338 e. The van der Waals surface area contributed by atoms with Crippen LogP contribution in [-0.2, 0) is 4.79 Å². The quantitative estimate of drug-likeness (QED) is 0.833. The van der Waals surface area contributed by atoms with Gasteiger partial charge in [-0.3, -0.25) is 4.79 Å². The second-order valence-electron chi connectivity index (χ2n) is 6.92. The van der Waals surface area contributed by atoms with E-state index in [1.807, 2.05) is 36.9 Å². The summed E-state index contributed by atoms with van der Waals surface area (Å²) in [5, 5.41) is 0. The van der Waals surface area contributed by atoms with E-state index in [9.17, 15) is 4.79 Å². The van der Waals surface area contributed by atoms with Crippen LogP contribution in [0.15, 0.2) is 49.1 Å². The number of hydrogen-bond donors (Lipinski definition) is 0. The van der Waals surface area contributed by atoms with Crippen molar-refractivity contribution < 1.29 is 4.79 Å². The number of amides is 1. The van der Waals surface area contributed by atoms with E-state index in [1.165, 1.54) is 12.0 Å². The van der Waals surface area contributed by atoms with Crippen molar-refractivity contribution in [2.45, 2.75) is 57.5 Å². The second-order valence-corrected chi connectivity index (χ2v) is 6.92. The van der Waals surface area contributed by atoms with Gasteiger partial charge in [0.2, 0.25) is 5.91 Å². The van der Waals surface area contributed by atoms with E-state index < -0.39 is 0 Å². The van der Waals surface area contributed by atoms with Gasteiger partial charge in [-0.2, -0.15) is 0 Å². The van der Waals surface area contributed by atoms with E-state index >= 15 is 0 Å². The second kappa shape index (κ2) is 7.65. The molecular formula is C20H27N3O. The number of carbonyl (C=O) groups is 1. The summed E-state index contributed by atoms with van der Waals surface area (Å²) < 4.78 is 2.12. The SMILES string of the molecule is CC(CC(=O)N1CCCCC1C(C)n1ccnc1)c1ccccc1. The fraction of sp³-hybridized carbons (Fsp3) is 0.500. The van der Waals surface area contributed by atoms with Crippen LogP contribution in [0.4, 0.5) is 0 Å². The maximum atomic E-state index is 13.0. The zero-order valence-electron chi connectivity index (χ0n) is 14.6. The van der Waals surface area contributed by atoms with Crippen molar-refractivity contribution in [2.75, 3.05) is 6.54 Å². The Morgan fingerprint density at radius 1 is 1.25 bits per heavy atom. The molecule has 1 fully saturated rings. The molecule has 3 unspecified atom stereocenters. The summed E-state index contributed by atoms with van der Waals surface area (Å²) in [4.78, 5) is 19.2. The molecule has 3 atom stereocenters. The van der Waals surface area contributed by atoms with E-state index in [4.69, 9.17) is 0 Å². The lowest BCUT2D eigenvalue weighted by Crippen LogP contribution is -2.47. The highest BCUT2D eigenvalue weighted by Gasteiger charge is 2.31. The number of carbonyl (C=O) groups excluding carboxylic acids is 1. The molecule has 2 heterocycles. The largest absolute Gasteiger partial charge is 0.338 e. The first-order valence-electron chi connectivity index (χ1n) is 8.98. The van der Waals surface area contributed by atoms with Crippen molar-refractivity contribution in [3.05, 3.63) is 54.6 Å². The third-order valence-electron chi connectivity index (χ3n) is 5.27. The van der Waals surface area contributed by atoms with Gasteiger partial charge in [0.1, 0.15) is 0 Å². The van der Waals surface area contributed by atoms with E-state index in [0.717, 1.165) is 19.4 Å². The van der Waals surface area contributed by atoms with Crippen LogP contribution in [0.1, 0.15) is 57.1 Å². The van der Waals surface area contributed by atoms with Gasteiger partial charge in [-0.1, -0.05) is 37.3 Å². The smallest absolute Gasteiger partial charge is 0.223 e. The maximum Gasteiger partial charge on any atom is 0.223 e. The topological polar surface area (TPSA) is 38.1 Å². The first kappa shape index (κ1) is 16.7. The molecule has 24 heavy (non-hydrogen) atoms. The Morgan fingerprint density at radius 2 is 2.04 bits per heavy atom. The minimum absolute atomic E-state index is 0.254. The zero-order chi connectivity index (χ0) is 16.9. The molecule has 2 aromatic rings. The van der Waals surface area contributed by atoms with Gasteiger partial charge in [-0.15, -0.1) is 0 Å². The molecule has 1 saturated heterocycles. The number of benzene rings is 1. The van der Waals surface area contributed by atoms with Crippen LogP contribution < -0.4 is 0 Å². The number of imidazole rings is 1. The molecule has 4 heteroatoms. The summed E-state index contributed by atoms with van der Waals surface area (Å²) >= 11 is 0. The van der Waals surface area contributed by atoms with Gasteiger partial charge in [-0.05, 0) is 37.7 Å². The van der Waals surface area contributed by atoms with Crippen molar-refractivity contribution in [1.82, 2.24) is 14.5 Å². The van der Waals surface area contributed by atoms with Gasteiger partial charge in [0.25, 0.3) is 0 Å². The maximum absolute atomic E-state index is 13.0. The lowest BCUT2D eigenvalue weighted by Gasteiger charge is -2.40. The number of likely N-dealkylation sites (tertiary alicyclic amines) is 1. The number of nitrogens with zero attached hydrogens (tertiary/aromatic N) is 3. The molecular weight excluding hydrogens is 298 g/mol. The standard InChI is InChI=1S/C20H27N3O/c1-16(18-8-4-3-5-9-18)14-20(24)23-12-7-6-10-19(23)17(2)22-13-11-21-15-22/h3-5,8-9,11,13,15-17,19H,6-7,10,12,14H2,1-2H3. The van der Waals surface area contributed by atoms with Gasteiger partial charge in [0.05, 0.1) is 18.4 Å². The predicted molar refractivity (Wildman–Crippen MR) is 95.8 cm³/mol. The summed E-state index contributed by atoms with van der Waals surface area (Å²) in [6.07, 6.45) is 9.62. The lowest BCUT2D eigenvalue weighted by molar-refractivity contribution is -0.136. The monoisotopic (exact) mass is 325 g/mol. The van der Waals surface area contributed by atoms with Crippen LogP contribution in [0.2, 0.25) is 0 Å². The van der Waals surface area contributed by atoms with Gasteiger partial charge in [0, 0.05) is 25.4 Å². The summed E-state index contributed by atoms with van der Waals surface area (Å²) in [6.45, 7) is 5.22. The number of piperidine rings is 1. The molecule has 0 bridgehead atoms. The Kier molecular flexibility index (Phi) is 5.34. The van der Waals surface area contributed by atoms with Crippen LogP contribution in [0.25, 0.3) is 0 Å². The highest BCUT2D eigenvalue weighted by atomic mass is 16.2. The molecule has 0 spiro atoms. The average molecular weight is 325 g/mol. The number of aromatic nitrogens is 2. The van der Waals surface area contributed by atoms with Gasteiger partial charge in [-0.25, -0.2) is 4.98 Å². The highest BCUT2D eigenvalue weighted by Crippen LogP contribution is 2.29. The van der Waals surface area contributed by atoms with Gasteiger partial charge in [0.15, 0.2) is 0 Å². The van der Waals surface area contributed by atoms with Crippen LogP contribution in [0.5, 0.6) is 0 Å². The Labute approximate surface area is 144 Å². The normalized spacial score (nSPS) is 20.6. The molecule has 0 saturated carbocycles. The minimum atomic E-state index is 0.254. The molecule has 1 aromatic carbocycles. The van der Waals surface area contributed by atoms with Gasteiger partial charge < -0.3 is 9.47 Å². The predicted octanol–water partition coefficient (Wildman–Crippen LogP) is 4.02. The van der Waals surface area contributed by atoms with Crippen LogP contribution in [0, 0.1) is 0 Å².